The van der Waals surface area contributed by atoms with Crippen molar-refractivity contribution in [2.24, 2.45) is 0 Å². The molecule has 8 nitrogen and oxygen atoms in total. The molecule has 180 valence electrons. The maximum atomic E-state index is 13.1. The second-order valence-electron chi connectivity index (χ2n) is 9.24. The number of sulfonamides is 1. The van der Waals surface area contributed by atoms with Gasteiger partial charge in [-0.25, -0.2) is 8.42 Å². The number of rotatable bonds is 5. The average molecular weight is 498 g/mol. The number of H-pyrrole nitrogens is 1. The highest BCUT2D eigenvalue weighted by atomic mass is 32.2. The van der Waals surface area contributed by atoms with Crippen molar-refractivity contribution in [3.05, 3.63) is 88.6 Å². The Labute approximate surface area is 208 Å². The largest absolute Gasteiger partial charge is 0.358 e. The molecule has 1 amide bonds. The first kappa shape index (κ1) is 22.3. The molecule has 9 heteroatoms. The first-order valence-corrected chi connectivity index (χ1v) is 13.2. The first-order valence-electron chi connectivity index (χ1n) is 11.7. The second kappa shape index (κ2) is 8.22. The Morgan fingerprint density at radius 1 is 1.03 bits per heavy atom. The van der Waals surface area contributed by atoms with E-state index in [1.54, 1.807) is 18.3 Å². The van der Waals surface area contributed by atoms with Gasteiger partial charge in [-0.15, -0.1) is 0 Å². The van der Waals surface area contributed by atoms with E-state index in [1.165, 1.54) is 29.8 Å². The van der Waals surface area contributed by atoms with E-state index in [4.69, 9.17) is 0 Å². The minimum absolute atomic E-state index is 0.0296. The second-order valence-corrected chi connectivity index (χ2v) is 10.9. The van der Waals surface area contributed by atoms with Crippen molar-refractivity contribution in [2.45, 2.75) is 36.7 Å². The van der Waals surface area contributed by atoms with Crippen molar-refractivity contribution < 1.29 is 13.2 Å². The fourth-order valence-electron chi connectivity index (χ4n) is 5.38. The predicted molar refractivity (Wildman–Crippen MR) is 137 cm³/mol. The molecular formula is C27H23N5O3S. The van der Waals surface area contributed by atoms with Gasteiger partial charge >= 0.3 is 0 Å². The number of hydrogen-bond acceptors (Lipinski definition) is 5. The molecule has 3 aromatic carbocycles. The minimum Gasteiger partial charge on any atom is -0.358 e. The molecule has 2 atom stereocenters. The number of carbonyl (C=O) groups excluding carboxylic acids is 1. The van der Waals surface area contributed by atoms with E-state index in [0.29, 0.717) is 33.8 Å². The molecule has 2 aliphatic rings. The van der Waals surface area contributed by atoms with Crippen LogP contribution in [0.1, 0.15) is 57.5 Å². The molecule has 2 unspecified atom stereocenters. The molecule has 0 aliphatic carbocycles. The third kappa shape index (κ3) is 3.54. The smallest absolute Gasteiger partial charge is 0.261 e. The summed E-state index contributed by atoms with van der Waals surface area (Å²) < 4.78 is 28.8. The maximum Gasteiger partial charge on any atom is 0.261 e. The zero-order valence-electron chi connectivity index (χ0n) is 19.4. The molecule has 4 aromatic rings. The van der Waals surface area contributed by atoms with Crippen LogP contribution in [-0.2, 0) is 10.0 Å². The summed E-state index contributed by atoms with van der Waals surface area (Å²) >= 11 is 0. The Bertz CT molecular complexity index is 1680. The summed E-state index contributed by atoms with van der Waals surface area (Å²) in [6.07, 6.45) is 3.72. The third-order valence-electron chi connectivity index (χ3n) is 7.09. The Kier molecular flexibility index (Phi) is 5.10. The molecular weight excluding hydrogens is 474 g/mol. The highest BCUT2D eigenvalue weighted by molar-refractivity contribution is 7.92. The van der Waals surface area contributed by atoms with Gasteiger partial charge in [-0.3, -0.25) is 9.52 Å². The summed E-state index contributed by atoms with van der Waals surface area (Å²) in [5.41, 5.74) is 5.76. The predicted octanol–water partition coefficient (Wildman–Crippen LogP) is 4.88. The summed E-state index contributed by atoms with van der Waals surface area (Å²) in [6, 6.07) is 18.0. The Morgan fingerprint density at radius 3 is 2.58 bits per heavy atom. The summed E-state index contributed by atoms with van der Waals surface area (Å²) in [5, 5.41) is 16.6. The van der Waals surface area contributed by atoms with Gasteiger partial charge in [-0.1, -0.05) is 18.2 Å². The standard InChI is InChI=1S/C27H23N5O3S/c1-15-5-10-23(26-24(15)17(13-28)14-29-26)32-36(34,35)18-8-6-16(7-9-18)27(33)31-21-4-2-3-19-20-11-12-22(30-20)25(19)21/h2-10,14,20,22,29-30,32H,11-12H2,1H3,(H,31,33). The number of nitriles is 1. The topological polar surface area (TPSA) is 127 Å². The summed E-state index contributed by atoms with van der Waals surface area (Å²) in [4.78, 5) is 16.0. The summed E-state index contributed by atoms with van der Waals surface area (Å²) in [5.74, 6) is -0.293. The number of aromatic nitrogens is 1. The van der Waals surface area contributed by atoms with Gasteiger partial charge in [0.15, 0.2) is 0 Å². The molecule has 6 rings (SSSR count). The Morgan fingerprint density at radius 2 is 1.81 bits per heavy atom. The van der Waals surface area contributed by atoms with E-state index in [2.05, 4.69) is 32.5 Å². The number of aryl methyl sites for hydroxylation is 1. The van der Waals surface area contributed by atoms with Crippen LogP contribution in [-0.4, -0.2) is 19.3 Å². The quantitative estimate of drug-likeness (QED) is 0.313. The molecule has 2 bridgehead atoms. The van der Waals surface area contributed by atoms with E-state index >= 15 is 0 Å². The number of aromatic amines is 1. The average Bonchev–Trinajstić information content (AvgIpc) is 3.62. The highest BCUT2D eigenvalue weighted by Crippen LogP contribution is 2.47. The number of nitrogens with one attached hydrogen (secondary N) is 4. The number of nitrogens with zero attached hydrogens (tertiary/aromatic N) is 1. The van der Waals surface area contributed by atoms with Crippen molar-refractivity contribution in [1.82, 2.24) is 10.3 Å². The summed E-state index contributed by atoms with van der Waals surface area (Å²) in [6.45, 7) is 1.86. The molecule has 1 aromatic heterocycles. The van der Waals surface area contributed by atoms with Crippen molar-refractivity contribution in [3.8, 4) is 6.07 Å². The third-order valence-corrected chi connectivity index (χ3v) is 8.48. The Hall–Kier alpha value is -4.13. The highest BCUT2D eigenvalue weighted by Gasteiger charge is 2.37. The van der Waals surface area contributed by atoms with Crippen LogP contribution in [0.2, 0.25) is 0 Å². The zero-order chi connectivity index (χ0) is 25.0. The molecule has 36 heavy (non-hydrogen) atoms. The number of carbonyl (C=O) groups is 1. The van der Waals surface area contributed by atoms with E-state index in [1.807, 2.05) is 19.1 Å². The maximum absolute atomic E-state index is 13.1. The number of amides is 1. The lowest BCUT2D eigenvalue weighted by molar-refractivity contribution is 0.102. The van der Waals surface area contributed by atoms with E-state index in [-0.39, 0.29) is 16.8 Å². The number of anilines is 2. The van der Waals surface area contributed by atoms with Crippen LogP contribution in [0.4, 0.5) is 11.4 Å². The minimum atomic E-state index is -3.92. The lowest BCUT2D eigenvalue weighted by atomic mass is 9.90. The van der Waals surface area contributed by atoms with Crippen molar-refractivity contribution in [1.29, 1.82) is 5.26 Å². The van der Waals surface area contributed by atoms with E-state index < -0.39 is 10.0 Å². The lowest BCUT2D eigenvalue weighted by Crippen LogP contribution is -2.16. The van der Waals surface area contributed by atoms with Gasteiger partial charge in [0.2, 0.25) is 0 Å². The zero-order valence-corrected chi connectivity index (χ0v) is 20.2. The molecule has 0 saturated carbocycles. The van der Waals surface area contributed by atoms with Crippen LogP contribution in [0.5, 0.6) is 0 Å². The van der Waals surface area contributed by atoms with Crippen molar-refractivity contribution >= 4 is 38.2 Å². The van der Waals surface area contributed by atoms with Gasteiger partial charge in [-0.05, 0) is 72.9 Å². The van der Waals surface area contributed by atoms with Gasteiger partial charge in [0.25, 0.3) is 15.9 Å². The van der Waals surface area contributed by atoms with Gasteiger partial charge in [0.05, 0.1) is 21.7 Å². The van der Waals surface area contributed by atoms with Crippen LogP contribution in [0.25, 0.3) is 10.9 Å². The normalized spacial score (nSPS) is 18.1. The molecule has 0 radical (unpaired) electrons. The fourth-order valence-corrected chi connectivity index (χ4v) is 6.45. The Balaban J connectivity index is 1.23. The van der Waals surface area contributed by atoms with Gasteiger partial charge in [0, 0.05) is 34.9 Å². The number of benzene rings is 3. The van der Waals surface area contributed by atoms with Crippen LogP contribution in [0, 0.1) is 18.3 Å². The van der Waals surface area contributed by atoms with E-state index in [9.17, 15) is 18.5 Å². The van der Waals surface area contributed by atoms with Crippen LogP contribution in [0.3, 0.4) is 0 Å². The van der Waals surface area contributed by atoms with Gasteiger partial charge in [0.1, 0.15) is 6.07 Å². The molecule has 1 saturated heterocycles. The molecule has 2 aliphatic heterocycles. The van der Waals surface area contributed by atoms with Crippen LogP contribution >= 0.6 is 0 Å². The van der Waals surface area contributed by atoms with Gasteiger partial charge in [-0.2, -0.15) is 5.26 Å². The molecule has 0 spiro atoms. The number of hydrogen-bond donors (Lipinski definition) is 4. The molecule has 4 N–H and O–H groups in total. The van der Waals surface area contributed by atoms with E-state index in [0.717, 1.165) is 29.7 Å². The first-order chi connectivity index (χ1) is 17.4. The van der Waals surface area contributed by atoms with Crippen molar-refractivity contribution in [2.75, 3.05) is 10.0 Å². The van der Waals surface area contributed by atoms with Crippen molar-refractivity contribution in [3.63, 3.8) is 0 Å². The molecule has 3 heterocycles. The van der Waals surface area contributed by atoms with Gasteiger partial charge < -0.3 is 15.6 Å². The SMILES string of the molecule is Cc1ccc(NS(=O)(=O)c2ccc(C(=O)Nc3cccc4c3C3CCC4N3)cc2)c2[nH]cc(C#N)c12. The molecule has 1 fully saturated rings. The lowest BCUT2D eigenvalue weighted by Gasteiger charge is -2.18. The fraction of sp³-hybridized carbons (Fsp3) is 0.185. The van der Waals surface area contributed by atoms with Crippen LogP contribution in [0.15, 0.2) is 65.7 Å². The monoisotopic (exact) mass is 497 g/mol. The number of fused-ring (bicyclic) bond motifs is 6. The van der Waals surface area contributed by atoms with Crippen LogP contribution < -0.4 is 15.4 Å². The summed E-state index contributed by atoms with van der Waals surface area (Å²) in [7, 11) is -3.92.